The first-order valence-electron chi connectivity index (χ1n) is 8.95. The van der Waals surface area contributed by atoms with Gasteiger partial charge in [-0.1, -0.05) is 36.4 Å². The van der Waals surface area contributed by atoms with Gasteiger partial charge in [-0.15, -0.1) is 11.3 Å². The van der Waals surface area contributed by atoms with E-state index in [-0.39, 0.29) is 12.1 Å². The van der Waals surface area contributed by atoms with Crippen LogP contribution in [0.1, 0.15) is 35.1 Å². The number of nitrogens with zero attached hydrogens (tertiary/aromatic N) is 1. The van der Waals surface area contributed by atoms with E-state index >= 15 is 0 Å². The Morgan fingerprint density at radius 3 is 2.62 bits per heavy atom. The molecule has 3 aromatic rings. The normalized spacial score (nSPS) is 14.8. The first-order valence-corrected chi connectivity index (χ1v) is 9.83. The molecule has 134 valence electrons. The van der Waals surface area contributed by atoms with Gasteiger partial charge in [-0.3, -0.25) is 0 Å². The van der Waals surface area contributed by atoms with Crippen LogP contribution in [0, 0.1) is 5.92 Å². The second-order valence-electron chi connectivity index (χ2n) is 6.69. The molecule has 1 atom stereocenters. The molecule has 0 saturated heterocycles. The van der Waals surface area contributed by atoms with E-state index in [1.54, 1.807) is 17.6 Å². The van der Waals surface area contributed by atoms with E-state index in [9.17, 15) is 4.79 Å². The molecule has 0 unspecified atom stereocenters. The van der Waals surface area contributed by atoms with Crippen LogP contribution in [-0.4, -0.2) is 10.9 Å². The van der Waals surface area contributed by atoms with E-state index in [0.29, 0.717) is 19.0 Å². The number of thiophene rings is 1. The molecular weight excluding hydrogens is 344 g/mol. The van der Waals surface area contributed by atoms with Gasteiger partial charge in [0.25, 0.3) is 0 Å². The van der Waals surface area contributed by atoms with Crippen molar-refractivity contribution in [1.29, 1.82) is 0 Å². The topological polar surface area (TPSA) is 45.5 Å². The number of carbonyl (C=O) groups excluding carboxylic acids is 1. The quantitative estimate of drug-likeness (QED) is 0.624. The van der Waals surface area contributed by atoms with Crippen LogP contribution in [0.3, 0.4) is 0 Å². The van der Waals surface area contributed by atoms with Crippen LogP contribution in [0.4, 0.5) is 4.79 Å². The molecule has 2 aromatic heterocycles. The van der Waals surface area contributed by atoms with Crippen LogP contribution in [-0.2, 0) is 13.1 Å². The number of carbonyl (C=O) groups is 1. The first kappa shape index (κ1) is 16.9. The van der Waals surface area contributed by atoms with Gasteiger partial charge in [-0.25, -0.2) is 4.79 Å². The molecule has 1 N–H and O–H groups in total. The molecule has 2 heterocycles. The van der Waals surface area contributed by atoms with Crippen molar-refractivity contribution in [3.8, 4) is 0 Å². The Hall–Kier alpha value is -2.53. The first-order chi connectivity index (χ1) is 12.8. The molecular formula is C21H22N2O2S. The average Bonchev–Trinajstić information content (AvgIpc) is 3.14. The van der Waals surface area contributed by atoms with Crippen LogP contribution in [0.25, 0.3) is 0 Å². The van der Waals surface area contributed by atoms with Crippen molar-refractivity contribution in [1.82, 2.24) is 10.2 Å². The van der Waals surface area contributed by atoms with Crippen molar-refractivity contribution in [3.63, 3.8) is 0 Å². The van der Waals surface area contributed by atoms with Gasteiger partial charge < -0.3 is 14.6 Å². The molecule has 0 aliphatic heterocycles. The molecule has 1 aliphatic carbocycles. The van der Waals surface area contributed by atoms with E-state index in [4.69, 9.17) is 4.42 Å². The lowest BCUT2D eigenvalue weighted by molar-refractivity contribution is 0.182. The second-order valence-corrected chi connectivity index (χ2v) is 7.72. The third kappa shape index (κ3) is 4.17. The van der Waals surface area contributed by atoms with Gasteiger partial charge >= 0.3 is 6.03 Å². The van der Waals surface area contributed by atoms with Gasteiger partial charge in [0.2, 0.25) is 0 Å². The van der Waals surface area contributed by atoms with Crippen molar-refractivity contribution in [2.24, 2.45) is 5.92 Å². The Labute approximate surface area is 157 Å². The van der Waals surface area contributed by atoms with Crippen LogP contribution in [0.5, 0.6) is 0 Å². The Balaban J connectivity index is 1.51. The van der Waals surface area contributed by atoms with Crippen LogP contribution in [0.15, 0.2) is 70.7 Å². The molecule has 1 aromatic carbocycles. The van der Waals surface area contributed by atoms with Gasteiger partial charge in [0.15, 0.2) is 0 Å². The molecule has 0 spiro atoms. The summed E-state index contributed by atoms with van der Waals surface area (Å²) >= 11 is 1.66. The monoisotopic (exact) mass is 366 g/mol. The highest BCUT2D eigenvalue weighted by Gasteiger charge is 2.34. The number of urea groups is 1. The molecule has 4 rings (SSSR count). The fourth-order valence-electron chi connectivity index (χ4n) is 3.17. The Bertz CT molecular complexity index is 775. The fraction of sp³-hybridized carbons (Fsp3) is 0.286. The highest BCUT2D eigenvalue weighted by molar-refractivity contribution is 7.09. The number of benzene rings is 1. The highest BCUT2D eigenvalue weighted by atomic mass is 32.1. The minimum absolute atomic E-state index is 0.0458. The lowest BCUT2D eigenvalue weighted by Crippen LogP contribution is -2.41. The minimum Gasteiger partial charge on any atom is -0.467 e. The van der Waals surface area contributed by atoms with Crippen molar-refractivity contribution >= 4 is 17.4 Å². The minimum atomic E-state index is -0.0458. The number of amides is 2. The summed E-state index contributed by atoms with van der Waals surface area (Å²) in [6.07, 6.45) is 3.99. The van der Waals surface area contributed by atoms with Crippen LogP contribution in [0.2, 0.25) is 0 Å². The second kappa shape index (κ2) is 7.79. The van der Waals surface area contributed by atoms with Gasteiger partial charge in [-0.05, 0) is 47.9 Å². The number of hydrogen-bond donors (Lipinski definition) is 1. The maximum Gasteiger partial charge on any atom is 0.318 e. The molecule has 26 heavy (non-hydrogen) atoms. The molecule has 4 nitrogen and oxygen atoms in total. The van der Waals surface area contributed by atoms with Gasteiger partial charge in [0.05, 0.1) is 25.4 Å². The maximum atomic E-state index is 13.1. The molecule has 5 heteroatoms. The maximum absolute atomic E-state index is 13.1. The lowest BCUT2D eigenvalue weighted by atomic mass is 10.0. The SMILES string of the molecule is O=C(N[C@H](c1ccccc1)C1CC1)N(Cc1ccco1)Cc1cccs1. The fourth-order valence-corrected chi connectivity index (χ4v) is 3.89. The molecule has 1 saturated carbocycles. The van der Waals surface area contributed by atoms with Crippen LogP contribution >= 0.6 is 11.3 Å². The van der Waals surface area contributed by atoms with Crippen molar-refractivity contribution < 1.29 is 9.21 Å². The van der Waals surface area contributed by atoms with Crippen molar-refractivity contribution in [2.75, 3.05) is 0 Å². The Morgan fingerprint density at radius 2 is 1.96 bits per heavy atom. The molecule has 0 bridgehead atoms. The summed E-state index contributed by atoms with van der Waals surface area (Å²) < 4.78 is 5.46. The molecule has 1 fully saturated rings. The van der Waals surface area contributed by atoms with E-state index in [0.717, 1.165) is 10.6 Å². The van der Waals surface area contributed by atoms with E-state index in [1.807, 2.05) is 46.7 Å². The predicted molar refractivity (Wildman–Crippen MR) is 103 cm³/mol. The zero-order valence-electron chi connectivity index (χ0n) is 14.5. The summed E-state index contributed by atoms with van der Waals surface area (Å²) in [5.41, 5.74) is 1.18. The Kier molecular flexibility index (Phi) is 5.07. The predicted octanol–water partition coefficient (Wildman–Crippen LogP) is 5.20. The third-order valence-corrected chi connectivity index (χ3v) is 5.53. The molecule has 1 aliphatic rings. The van der Waals surface area contributed by atoms with E-state index in [2.05, 4.69) is 23.5 Å². The van der Waals surface area contributed by atoms with Crippen molar-refractivity contribution in [3.05, 3.63) is 82.4 Å². The summed E-state index contributed by atoms with van der Waals surface area (Å²) in [5, 5.41) is 5.31. The van der Waals surface area contributed by atoms with E-state index in [1.165, 1.54) is 18.4 Å². The summed E-state index contributed by atoms with van der Waals surface area (Å²) in [4.78, 5) is 16.1. The van der Waals surface area contributed by atoms with Gasteiger partial charge in [0.1, 0.15) is 5.76 Å². The number of nitrogens with one attached hydrogen (secondary N) is 1. The smallest absolute Gasteiger partial charge is 0.318 e. The average molecular weight is 366 g/mol. The number of rotatable bonds is 7. The third-order valence-electron chi connectivity index (χ3n) is 4.67. The lowest BCUT2D eigenvalue weighted by Gasteiger charge is -2.26. The zero-order valence-corrected chi connectivity index (χ0v) is 15.3. The molecule has 0 radical (unpaired) electrons. The van der Waals surface area contributed by atoms with Crippen molar-refractivity contribution in [2.45, 2.75) is 32.0 Å². The van der Waals surface area contributed by atoms with Gasteiger partial charge in [0, 0.05) is 4.88 Å². The zero-order chi connectivity index (χ0) is 17.8. The van der Waals surface area contributed by atoms with E-state index < -0.39 is 0 Å². The molecule has 2 amide bonds. The highest BCUT2D eigenvalue weighted by Crippen LogP contribution is 2.41. The largest absolute Gasteiger partial charge is 0.467 e. The summed E-state index contributed by atoms with van der Waals surface area (Å²) in [6, 6.07) is 18.1. The number of furan rings is 1. The summed E-state index contributed by atoms with van der Waals surface area (Å²) in [6.45, 7) is 1.04. The summed E-state index contributed by atoms with van der Waals surface area (Å²) in [5.74, 6) is 1.33. The summed E-state index contributed by atoms with van der Waals surface area (Å²) in [7, 11) is 0. The number of hydrogen-bond acceptors (Lipinski definition) is 3. The Morgan fingerprint density at radius 1 is 1.12 bits per heavy atom. The van der Waals surface area contributed by atoms with Gasteiger partial charge in [-0.2, -0.15) is 0 Å². The standard InChI is InChI=1S/C21H22N2O2S/c24-21(22-20(17-10-11-17)16-6-2-1-3-7-16)23(14-18-8-4-12-25-18)15-19-9-5-13-26-19/h1-9,12-13,17,20H,10-11,14-15H2,(H,22,24)/t20-/m1/s1. The van der Waals surface area contributed by atoms with Crippen LogP contribution < -0.4 is 5.32 Å².